The number of benzene rings is 3. The molecule has 0 atom stereocenters. The van der Waals surface area contributed by atoms with Crippen molar-refractivity contribution < 1.29 is 18.7 Å². The van der Waals surface area contributed by atoms with Gasteiger partial charge in [0.15, 0.2) is 0 Å². The molecule has 150 valence electrons. The molecule has 0 radical (unpaired) electrons. The van der Waals surface area contributed by atoms with Gasteiger partial charge < -0.3 is 19.2 Å². The molecule has 0 bridgehead atoms. The Labute approximate surface area is 172 Å². The largest absolute Gasteiger partial charge is 0.497 e. The number of ether oxygens (including phenoxy) is 2. The van der Waals surface area contributed by atoms with Gasteiger partial charge in [0.05, 0.1) is 25.3 Å². The second-order valence-electron chi connectivity index (χ2n) is 6.58. The van der Waals surface area contributed by atoms with Gasteiger partial charge in [-0.25, -0.2) is 4.79 Å². The highest BCUT2D eigenvalue weighted by atomic mass is 16.5. The summed E-state index contributed by atoms with van der Waals surface area (Å²) in [6.07, 6.45) is 0. The van der Waals surface area contributed by atoms with E-state index < -0.39 is 5.63 Å². The fourth-order valence-corrected chi connectivity index (χ4v) is 3.18. The zero-order valence-electron chi connectivity index (χ0n) is 16.5. The van der Waals surface area contributed by atoms with E-state index in [9.17, 15) is 9.59 Å². The van der Waals surface area contributed by atoms with Gasteiger partial charge in [-0.15, -0.1) is 0 Å². The third-order valence-corrected chi connectivity index (χ3v) is 4.75. The van der Waals surface area contributed by atoms with Gasteiger partial charge in [-0.05, 0) is 42.0 Å². The summed E-state index contributed by atoms with van der Waals surface area (Å²) in [6, 6.07) is 21.1. The van der Waals surface area contributed by atoms with Crippen molar-refractivity contribution in [1.29, 1.82) is 0 Å². The Kier molecular flexibility index (Phi) is 5.22. The predicted octanol–water partition coefficient (Wildman–Crippen LogP) is 4.73. The Morgan fingerprint density at radius 1 is 0.900 bits per heavy atom. The number of hydrogen-bond acceptors (Lipinski definition) is 5. The molecule has 1 heterocycles. The van der Waals surface area contributed by atoms with Gasteiger partial charge in [0.2, 0.25) is 0 Å². The Balaban J connectivity index is 1.58. The normalized spacial score (nSPS) is 10.6. The number of para-hydroxylation sites is 1. The lowest BCUT2D eigenvalue weighted by Crippen LogP contribution is -2.13. The Morgan fingerprint density at radius 3 is 2.40 bits per heavy atom. The van der Waals surface area contributed by atoms with Gasteiger partial charge in [-0.2, -0.15) is 0 Å². The average Bonchev–Trinajstić information content (AvgIpc) is 2.78. The SMILES string of the molecule is COc1ccc(C(=O)Nc2ccc(-c3cc4ccccc4oc3=O)cc2)c(OC)c1. The lowest BCUT2D eigenvalue weighted by Gasteiger charge is -2.11. The van der Waals surface area contributed by atoms with Crippen LogP contribution in [0.5, 0.6) is 11.5 Å². The van der Waals surface area contributed by atoms with E-state index in [0.717, 1.165) is 5.39 Å². The molecule has 0 aliphatic heterocycles. The molecule has 0 unspecified atom stereocenters. The first-order valence-corrected chi connectivity index (χ1v) is 9.26. The van der Waals surface area contributed by atoms with Gasteiger partial charge in [-0.1, -0.05) is 30.3 Å². The monoisotopic (exact) mass is 401 g/mol. The number of nitrogens with one attached hydrogen (secondary N) is 1. The third kappa shape index (κ3) is 3.75. The minimum absolute atomic E-state index is 0.313. The quantitative estimate of drug-likeness (QED) is 0.489. The molecule has 6 nitrogen and oxygen atoms in total. The van der Waals surface area contributed by atoms with E-state index in [-0.39, 0.29) is 5.91 Å². The molecule has 0 fully saturated rings. The lowest BCUT2D eigenvalue weighted by atomic mass is 10.1. The van der Waals surface area contributed by atoms with Crippen molar-refractivity contribution in [3.63, 3.8) is 0 Å². The molecule has 0 saturated carbocycles. The molecular formula is C24H19NO5. The van der Waals surface area contributed by atoms with E-state index >= 15 is 0 Å². The molecule has 1 amide bonds. The minimum Gasteiger partial charge on any atom is -0.497 e. The van der Waals surface area contributed by atoms with Crippen LogP contribution in [0.25, 0.3) is 22.1 Å². The van der Waals surface area contributed by atoms with E-state index in [1.165, 1.54) is 7.11 Å². The highest BCUT2D eigenvalue weighted by molar-refractivity contribution is 6.06. The van der Waals surface area contributed by atoms with Crippen LogP contribution in [0.3, 0.4) is 0 Å². The number of rotatable bonds is 5. The maximum atomic E-state index is 12.7. The van der Waals surface area contributed by atoms with E-state index in [1.807, 2.05) is 18.2 Å². The van der Waals surface area contributed by atoms with Crippen LogP contribution >= 0.6 is 0 Å². The van der Waals surface area contributed by atoms with Crippen molar-refractivity contribution in [2.45, 2.75) is 0 Å². The highest BCUT2D eigenvalue weighted by Crippen LogP contribution is 2.26. The maximum Gasteiger partial charge on any atom is 0.344 e. The molecule has 1 aromatic heterocycles. The molecule has 3 aromatic carbocycles. The Hall–Kier alpha value is -4.06. The first kappa shape index (κ1) is 19.3. The van der Waals surface area contributed by atoms with Gasteiger partial charge in [0.1, 0.15) is 17.1 Å². The van der Waals surface area contributed by atoms with Crippen LogP contribution in [0.15, 0.2) is 82.0 Å². The van der Waals surface area contributed by atoms with Gasteiger partial charge in [-0.3, -0.25) is 4.79 Å². The minimum atomic E-state index is -0.409. The molecule has 0 aliphatic carbocycles. The van der Waals surface area contributed by atoms with Crippen molar-refractivity contribution in [3.8, 4) is 22.6 Å². The number of methoxy groups -OCH3 is 2. The molecule has 0 aliphatic rings. The Bertz CT molecular complexity index is 1280. The van der Waals surface area contributed by atoms with Crippen molar-refractivity contribution >= 4 is 22.6 Å². The number of fused-ring (bicyclic) bond motifs is 1. The number of anilines is 1. The fraction of sp³-hybridized carbons (Fsp3) is 0.0833. The van der Waals surface area contributed by atoms with Crippen LogP contribution in [-0.4, -0.2) is 20.1 Å². The summed E-state index contributed by atoms with van der Waals surface area (Å²) < 4.78 is 15.8. The summed E-state index contributed by atoms with van der Waals surface area (Å²) >= 11 is 0. The van der Waals surface area contributed by atoms with Gasteiger partial charge >= 0.3 is 5.63 Å². The number of carbonyl (C=O) groups excluding carboxylic acids is 1. The van der Waals surface area contributed by atoms with Crippen LogP contribution < -0.4 is 20.4 Å². The lowest BCUT2D eigenvalue weighted by molar-refractivity contribution is 0.102. The van der Waals surface area contributed by atoms with Crippen LogP contribution in [-0.2, 0) is 0 Å². The summed E-state index contributed by atoms with van der Waals surface area (Å²) in [7, 11) is 3.04. The number of carbonyl (C=O) groups is 1. The predicted molar refractivity (Wildman–Crippen MR) is 115 cm³/mol. The Morgan fingerprint density at radius 2 is 1.67 bits per heavy atom. The van der Waals surface area contributed by atoms with Crippen molar-refractivity contribution in [2.24, 2.45) is 0 Å². The topological polar surface area (TPSA) is 77.8 Å². The number of hydrogen-bond donors (Lipinski definition) is 1. The highest BCUT2D eigenvalue weighted by Gasteiger charge is 2.14. The first-order chi connectivity index (χ1) is 14.6. The van der Waals surface area contributed by atoms with Crippen LogP contribution in [0.4, 0.5) is 5.69 Å². The summed E-state index contributed by atoms with van der Waals surface area (Å²) in [5.41, 5.74) is 2.28. The second-order valence-corrected chi connectivity index (χ2v) is 6.58. The molecule has 1 N–H and O–H groups in total. The molecular weight excluding hydrogens is 382 g/mol. The second kappa shape index (κ2) is 8.13. The van der Waals surface area contributed by atoms with E-state index in [2.05, 4.69) is 5.32 Å². The summed E-state index contributed by atoms with van der Waals surface area (Å²) in [4.78, 5) is 25.0. The van der Waals surface area contributed by atoms with Crippen molar-refractivity contribution in [1.82, 2.24) is 0 Å². The van der Waals surface area contributed by atoms with E-state index in [1.54, 1.807) is 61.7 Å². The number of amides is 1. The van der Waals surface area contributed by atoms with Gasteiger partial charge in [0, 0.05) is 17.1 Å². The molecule has 6 heteroatoms. The standard InChI is InChI=1S/C24H19NO5/c1-28-18-11-12-19(22(14-18)29-2)23(26)25-17-9-7-15(8-10-17)20-13-16-5-3-4-6-21(16)30-24(20)27/h3-14H,1-2H3,(H,25,26). The van der Waals surface area contributed by atoms with E-state index in [4.69, 9.17) is 13.9 Å². The third-order valence-electron chi connectivity index (χ3n) is 4.75. The summed E-state index contributed by atoms with van der Waals surface area (Å²) in [5, 5.41) is 3.68. The molecule has 4 aromatic rings. The van der Waals surface area contributed by atoms with Crippen molar-refractivity contribution in [3.05, 3.63) is 88.8 Å². The van der Waals surface area contributed by atoms with Crippen LogP contribution in [0, 0.1) is 0 Å². The average molecular weight is 401 g/mol. The van der Waals surface area contributed by atoms with Crippen LogP contribution in [0.1, 0.15) is 10.4 Å². The summed E-state index contributed by atoms with van der Waals surface area (Å²) in [5.74, 6) is 0.701. The molecule has 4 rings (SSSR count). The summed E-state index contributed by atoms with van der Waals surface area (Å²) in [6.45, 7) is 0. The van der Waals surface area contributed by atoms with Crippen molar-refractivity contribution in [2.75, 3.05) is 19.5 Å². The molecule has 0 spiro atoms. The van der Waals surface area contributed by atoms with E-state index in [0.29, 0.717) is 39.5 Å². The fourth-order valence-electron chi connectivity index (χ4n) is 3.18. The maximum absolute atomic E-state index is 12.7. The zero-order valence-corrected chi connectivity index (χ0v) is 16.5. The van der Waals surface area contributed by atoms with Gasteiger partial charge in [0.25, 0.3) is 5.91 Å². The molecule has 0 saturated heterocycles. The smallest absolute Gasteiger partial charge is 0.344 e. The molecule has 30 heavy (non-hydrogen) atoms. The van der Waals surface area contributed by atoms with Crippen LogP contribution in [0.2, 0.25) is 0 Å². The first-order valence-electron chi connectivity index (χ1n) is 9.26. The zero-order chi connectivity index (χ0) is 21.1.